The van der Waals surface area contributed by atoms with Crippen molar-refractivity contribution in [2.45, 2.75) is 0 Å². The van der Waals surface area contributed by atoms with Crippen LogP contribution in [-0.2, 0) is 9.59 Å². The van der Waals surface area contributed by atoms with Crippen LogP contribution >= 0.6 is 34.4 Å². The third kappa shape index (κ3) is 4.88. The number of phenolic OH excluding ortho intramolecular Hbond substituents is 1. The maximum Gasteiger partial charge on any atom is 0.294 e. The summed E-state index contributed by atoms with van der Waals surface area (Å²) >= 11 is 2.62. The Morgan fingerprint density at radius 1 is 1.34 bits per heavy atom. The van der Waals surface area contributed by atoms with Crippen LogP contribution in [0, 0.1) is 9.39 Å². The number of nitrogens with zero attached hydrogens (tertiary/aromatic N) is 1. The maximum atomic E-state index is 13.2. The van der Waals surface area contributed by atoms with Gasteiger partial charge in [-0.25, -0.2) is 4.39 Å². The third-order valence-corrected chi connectivity index (χ3v) is 5.58. The van der Waals surface area contributed by atoms with Crippen LogP contribution in [0.5, 0.6) is 11.5 Å². The molecule has 2 N–H and O–H groups in total. The lowest BCUT2D eigenvalue weighted by molar-refractivity contribution is -0.127. The Morgan fingerprint density at radius 3 is 2.79 bits per heavy atom. The van der Waals surface area contributed by atoms with Crippen molar-refractivity contribution in [1.82, 2.24) is 4.90 Å². The number of carbonyl (C=O) groups is 3. The van der Waals surface area contributed by atoms with Gasteiger partial charge in [0.05, 0.1) is 15.6 Å². The summed E-state index contributed by atoms with van der Waals surface area (Å²) in [6.45, 7) is -0.491. The molecule has 0 unspecified atom stereocenters. The van der Waals surface area contributed by atoms with Crippen LogP contribution in [-0.4, -0.2) is 40.7 Å². The fraction of sp³-hybridized carbons (Fsp3) is 0.105. The smallest absolute Gasteiger partial charge is 0.294 e. The Kier molecular flexibility index (Phi) is 6.42. The van der Waals surface area contributed by atoms with Crippen LogP contribution < -0.4 is 10.1 Å². The second kappa shape index (κ2) is 8.82. The fourth-order valence-corrected chi connectivity index (χ4v) is 3.99. The van der Waals surface area contributed by atoms with Gasteiger partial charge in [0.25, 0.3) is 11.1 Å². The summed E-state index contributed by atoms with van der Waals surface area (Å²) in [5, 5.41) is 11.8. The van der Waals surface area contributed by atoms with Crippen molar-refractivity contribution in [2.75, 3.05) is 19.0 Å². The predicted octanol–water partition coefficient (Wildman–Crippen LogP) is 3.82. The molecular formula is C19H14FIN2O5S. The summed E-state index contributed by atoms with van der Waals surface area (Å²) in [7, 11) is 1.40. The summed E-state index contributed by atoms with van der Waals surface area (Å²) in [6, 6.07) is 8.45. The molecule has 29 heavy (non-hydrogen) atoms. The second-order valence-corrected chi connectivity index (χ2v) is 8.04. The number of rotatable bonds is 5. The van der Waals surface area contributed by atoms with Gasteiger partial charge in [0.2, 0.25) is 5.91 Å². The minimum Gasteiger partial charge on any atom is -0.504 e. The molecule has 0 aromatic heterocycles. The van der Waals surface area contributed by atoms with E-state index in [9.17, 15) is 23.9 Å². The van der Waals surface area contributed by atoms with Gasteiger partial charge in [-0.1, -0.05) is 6.07 Å². The highest BCUT2D eigenvalue weighted by Crippen LogP contribution is 2.36. The number of thioether (sulfide) groups is 1. The molecule has 0 bridgehead atoms. The normalized spacial score (nSPS) is 15.1. The zero-order valence-electron chi connectivity index (χ0n) is 14.9. The fourth-order valence-electron chi connectivity index (χ4n) is 2.53. The first-order valence-corrected chi connectivity index (χ1v) is 10.1. The Labute approximate surface area is 183 Å². The molecule has 1 saturated heterocycles. The van der Waals surface area contributed by atoms with E-state index in [0.29, 0.717) is 20.9 Å². The van der Waals surface area contributed by atoms with Gasteiger partial charge in [0.1, 0.15) is 12.4 Å². The standard InChI is InChI=1S/C19H14FIN2O5S/c1-28-14-6-10(5-13(21)17(14)25)7-15-18(26)23(19(27)29-15)9-16(24)22-12-4-2-3-11(20)8-12/h2-8,25H,9H2,1H3,(H,22,24)/b15-7+. The van der Waals surface area contributed by atoms with Gasteiger partial charge in [-0.05, 0) is 76.3 Å². The number of methoxy groups -OCH3 is 1. The van der Waals surface area contributed by atoms with E-state index >= 15 is 0 Å². The largest absolute Gasteiger partial charge is 0.504 e. The van der Waals surface area contributed by atoms with Gasteiger partial charge < -0.3 is 15.2 Å². The molecule has 3 amide bonds. The summed E-state index contributed by atoms with van der Waals surface area (Å²) in [5.74, 6) is -1.54. The molecular weight excluding hydrogens is 514 g/mol. The number of carbonyl (C=O) groups excluding carboxylic acids is 3. The molecule has 2 aromatic carbocycles. The van der Waals surface area contributed by atoms with Crippen molar-refractivity contribution in [3.8, 4) is 11.5 Å². The number of imide groups is 1. The molecule has 10 heteroatoms. The number of ether oxygens (including phenoxy) is 1. The lowest BCUT2D eigenvalue weighted by atomic mass is 10.2. The van der Waals surface area contributed by atoms with Gasteiger partial charge >= 0.3 is 0 Å². The number of hydrogen-bond acceptors (Lipinski definition) is 6. The van der Waals surface area contributed by atoms with E-state index in [1.165, 1.54) is 37.5 Å². The second-order valence-electron chi connectivity index (χ2n) is 5.88. The summed E-state index contributed by atoms with van der Waals surface area (Å²) in [5.41, 5.74) is 0.780. The van der Waals surface area contributed by atoms with Gasteiger partial charge in [-0.15, -0.1) is 0 Å². The molecule has 1 aliphatic rings. The van der Waals surface area contributed by atoms with Crippen LogP contribution in [0.4, 0.5) is 14.9 Å². The van der Waals surface area contributed by atoms with Crippen molar-refractivity contribution in [3.63, 3.8) is 0 Å². The van der Waals surface area contributed by atoms with Gasteiger partial charge in [-0.2, -0.15) is 0 Å². The first kappa shape index (κ1) is 21.1. The zero-order valence-corrected chi connectivity index (χ0v) is 17.9. The number of benzene rings is 2. The lowest BCUT2D eigenvalue weighted by Crippen LogP contribution is -2.36. The number of nitrogens with one attached hydrogen (secondary N) is 1. The van der Waals surface area contributed by atoms with Gasteiger partial charge in [0.15, 0.2) is 11.5 Å². The number of phenols is 1. The average Bonchev–Trinajstić information content (AvgIpc) is 2.92. The minimum atomic E-state index is -0.625. The van der Waals surface area contributed by atoms with Crippen molar-refractivity contribution >= 4 is 63.2 Å². The number of amides is 3. The molecule has 1 heterocycles. The molecule has 1 aliphatic heterocycles. The summed E-state index contributed by atoms with van der Waals surface area (Å²) in [6.07, 6.45) is 1.49. The van der Waals surface area contributed by atoms with Gasteiger partial charge in [0, 0.05) is 5.69 Å². The number of aromatic hydroxyl groups is 1. The van der Waals surface area contributed by atoms with E-state index in [2.05, 4.69) is 5.32 Å². The van der Waals surface area contributed by atoms with E-state index in [1.807, 2.05) is 22.6 Å². The van der Waals surface area contributed by atoms with E-state index in [-0.39, 0.29) is 22.1 Å². The molecule has 0 radical (unpaired) electrons. The van der Waals surface area contributed by atoms with E-state index in [4.69, 9.17) is 4.74 Å². The molecule has 0 saturated carbocycles. The molecule has 0 aliphatic carbocycles. The number of anilines is 1. The topological polar surface area (TPSA) is 95.9 Å². The van der Waals surface area contributed by atoms with Crippen molar-refractivity contribution < 1.29 is 28.6 Å². The molecule has 0 spiro atoms. The Bertz CT molecular complexity index is 1040. The average molecular weight is 528 g/mol. The van der Waals surface area contributed by atoms with Crippen LogP contribution in [0.15, 0.2) is 41.3 Å². The van der Waals surface area contributed by atoms with E-state index in [1.54, 1.807) is 6.07 Å². The Hall–Kier alpha value is -2.60. The van der Waals surface area contributed by atoms with E-state index in [0.717, 1.165) is 11.0 Å². The zero-order chi connectivity index (χ0) is 21.1. The minimum absolute atomic E-state index is 0.0209. The maximum absolute atomic E-state index is 13.2. The Balaban J connectivity index is 1.75. The first-order valence-electron chi connectivity index (χ1n) is 8.15. The molecule has 1 fully saturated rings. The molecule has 7 nitrogen and oxygen atoms in total. The van der Waals surface area contributed by atoms with Crippen LogP contribution in [0.2, 0.25) is 0 Å². The number of hydrogen-bond donors (Lipinski definition) is 2. The molecule has 2 aromatic rings. The summed E-state index contributed by atoms with van der Waals surface area (Å²) in [4.78, 5) is 37.9. The lowest BCUT2D eigenvalue weighted by Gasteiger charge is -2.12. The van der Waals surface area contributed by atoms with Crippen LogP contribution in [0.3, 0.4) is 0 Å². The molecule has 3 rings (SSSR count). The highest BCUT2D eigenvalue weighted by molar-refractivity contribution is 14.1. The number of halogens is 2. The third-order valence-electron chi connectivity index (χ3n) is 3.85. The summed E-state index contributed by atoms with van der Waals surface area (Å²) < 4.78 is 18.8. The monoisotopic (exact) mass is 528 g/mol. The molecule has 150 valence electrons. The van der Waals surface area contributed by atoms with Crippen LogP contribution in [0.1, 0.15) is 5.56 Å². The van der Waals surface area contributed by atoms with E-state index < -0.39 is 29.4 Å². The van der Waals surface area contributed by atoms with Gasteiger partial charge in [-0.3, -0.25) is 19.3 Å². The van der Waals surface area contributed by atoms with Crippen molar-refractivity contribution in [2.24, 2.45) is 0 Å². The highest BCUT2D eigenvalue weighted by Gasteiger charge is 2.36. The quantitative estimate of drug-likeness (QED) is 0.453. The molecule has 0 atom stereocenters. The first-order chi connectivity index (χ1) is 13.8. The van der Waals surface area contributed by atoms with Crippen molar-refractivity contribution in [1.29, 1.82) is 0 Å². The Morgan fingerprint density at radius 2 is 2.10 bits per heavy atom. The SMILES string of the molecule is COc1cc(/C=C2/SC(=O)N(CC(=O)Nc3cccc(F)c3)C2=O)cc(I)c1O. The predicted molar refractivity (Wildman–Crippen MR) is 115 cm³/mol. The highest BCUT2D eigenvalue weighted by atomic mass is 127. The van der Waals surface area contributed by atoms with Crippen molar-refractivity contribution in [3.05, 3.63) is 56.3 Å². The van der Waals surface area contributed by atoms with Crippen LogP contribution in [0.25, 0.3) is 6.08 Å².